The number of hydrogen-bond donors (Lipinski definition) is 2. The second-order valence-corrected chi connectivity index (χ2v) is 11.6. The number of ether oxygens (including phenoxy) is 4. The normalized spacial score (nSPS) is 30.7. The average Bonchev–Trinajstić information content (AvgIpc) is 3.62. The Labute approximate surface area is 229 Å². The second-order valence-electron chi connectivity index (χ2n) is 11.6. The van der Waals surface area contributed by atoms with Crippen molar-refractivity contribution in [2.45, 2.75) is 77.9 Å². The first kappa shape index (κ1) is 30.8. The van der Waals surface area contributed by atoms with Crippen LogP contribution in [0.3, 0.4) is 0 Å². The largest absolute Gasteiger partial charge is 0.463 e. The van der Waals surface area contributed by atoms with Crippen molar-refractivity contribution in [1.29, 1.82) is 0 Å². The number of carbonyl (C=O) groups is 4. The molecule has 2 fully saturated rings. The van der Waals surface area contributed by atoms with E-state index in [4.69, 9.17) is 18.9 Å². The molecule has 7 atom stereocenters. The molecule has 0 saturated heterocycles. The summed E-state index contributed by atoms with van der Waals surface area (Å²) in [4.78, 5) is 48.8. The first-order chi connectivity index (χ1) is 18.4. The Balaban J connectivity index is 1.23. The molecule has 2 saturated carbocycles. The molecular weight excluding hydrogens is 508 g/mol. The summed E-state index contributed by atoms with van der Waals surface area (Å²) < 4.78 is 20.4. The Morgan fingerprint density at radius 1 is 0.872 bits per heavy atom. The number of carbonyl (C=O) groups excluding carboxylic acids is 4. The molecule has 3 aliphatic carbocycles. The number of esters is 4. The molecule has 7 unspecified atom stereocenters. The standard InChI is InChI=1S/C29H42O10/c1-4-5-19-10-11-28(2,13-19)26(34)38-17-22(30)15-36-24(32)8-9-25(33)37-16-23(31)18-39-27(35)29(3)14-20-6-7-21(29)12-20/h4-7,19-23,30-31H,8-18H2,1-3H3/b5-4-. The molecule has 2 bridgehead atoms. The SMILES string of the molecule is C/C=C\C1CCC(C)(C(=O)OCC(O)COC(=O)CCC(=O)OCC(O)COC(=O)C2(C)CC3C=CC2C3)C1. The van der Waals surface area contributed by atoms with Crippen molar-refractivity contribution in [3.63, 3.8) is 0 Å². The van der Waals surface area contributed by atoms with Gasteiger partial charge in [0.2, 0.25) is 0 Å². The third-order valence-electron chi connectivity index (χ3n) is 8.10. The number of aliphatic hydroxyl groups excluding tert-OH is 2. The summed E-state index contributed by atoms with van der Waals surface area (Å²) >= 11 is 0. The lowest BCUT2D eigenvalue weighted by atomic mass is 9.78. The monoisotopic (exact) mass is 550 g/mol. The minimum absolute atomic E-state index is 0.150. The highest BCUT2D eigenvalue weighted by Gasteiger charge is 2.51. The van der Waals surface area contributed by atoms with E-state index in [-0.39, 0.29) is 57.1 Å². The van der Waals surface area contributed by atoms with Gasteiger partial charge in [-0.2, -0.15) is 0 Å². The predicted octanol–water partition coefficient (Wildman–Crippen LogP) is 2.65. The maximum atomic E-state index is 12.5. The Morgan fingerprint density at radius 2 is 1.44 bits per heavy atom. The van der Waals surface area contributed by atoms with E-state index in [1.807, 2.05) is 32.9 Å². The molecule has 3 rings (SSSR count). The van der Waals surface area contributed by atoms with Crippen LogP contribution in [0.5, 0.6) is 0 Å². The van der Waals surface area contributed by atoms with Gasteiger partial charge in [-0.25, -0.2) is 0 Å². The molecule has 0 aromatic rings. The van der Waals surface area contributed by atoms with Crippen molar-refractivity contribution in [3.8, 4) is 0 Å². The highest BCUT2D eigenvalue weighted by molar-refractivity contribution is 5.79. The lowest BCUT2D eigenvalue weighted by Crippen LogP contribution is -2.36. The summed E-state index contributed by atoms with van der Waals surface area (Å²) in [6.07, 6.45) is 9.28. The van der Waals surface area contributed by atoms with Gasteiger partial charge >= 0.3 is 23.9 Å². The van der Waals surface area contributed by atoms with E-state index in [2.05, 4.69) is 12.2 Å². The summed E-state index contributed by atoms with van der Waals surface area (Å²) in [5.74, 6) is -1.31. The van der Waals surface area contributed by atoms with E-state index in [9.17, 15) is 29.4 Å². The molecule has 218 valence electrons. The lowest BCUT2D eigenvalue weighted by Gasteiger charge is -2.29. The fourth-order valence-electron chi connectivity index (χ4n) is 5.74. The summed E-state index contributed by atoms with van der Waals surface area (Å²) in [5.41, 5.74) is -1.18. The van der Waals surface area contributed by atoms with Crippen LogP contribution in [0.4, 0.5) is 0 Å². The average molecular weight is 551 g/mol. The molecule has 39 heavy (non-hydrogen) atoms. The highest BCUT2D eigenvalue weighted by atomic mass is 16.6. The molecule has 10 heteroatoms. The van der Waals surface area contributed by atoms with Crippen molar-refractivity contribution in [1.82, 2.24) is 0 Å². The molecule has 2 N–H and O–H groups in total. The van der Waals surface area contributed by atoms with Crippen molar-refractivity contribution < 1.29 is 48.3 Å². The van der Waals surface area contributed by atoms with E-state index in [0.29, 0.717) is 24.7 Å². The maximum absolute atomic E-state index is 12.5. The Morgan fingerprint density at radius 3 is 1.95 bits per heavy atom. The summed E-state index contributed by atoms with van der Waals surface area (Å²) in [7, 11) is 0. The van der Waals surface area contributed by atoms with Gasteiger partial charge < -0.3 is 29.2 Å². The summed E-state index contributed by atoms with van der Waals surface area (Å²) in [6, 6.07) is 0. The van der Waals surface area contributed by atoms with Gasteiger partial charge in [0.15, 0.2) is 0 Å². The number of hydrogen-bond acceptors (Lipinski definition) is 10. The Bertz CT molecular complexity index is 958. The van der Waals surface area contributed by atoms with E-state index < -0.39 is 35.0 Å². The molecule has 3 aliphatic rings. The van der Waals surface area contributed by atoms with Crippen LogP contribution in [0.1, 0.15) is 65.7 Å². The Hall–Kier alpha value is -2.72. The van der Waals surface area contributed by atoms with Crippen molar-refractivity contribution in [2.24, 2.45) is 28.6 Å². The van der Waals surface area contributed by atoms with Crippen molar-refractivity contribution in [2.75, 3.05) is 26.4 Å². The second kappa shape index (κ2) is 13.6. The van der Waals surface area contributed by atoms with Crippen LogP contribution >= 0.6 is 0 Å². The molecule has 0 aromatic heterocycles. The van der Waals surface area contributed by atoms with E-state index in [1.165, 1.54) is 0 Å². The molecule has 0 aliphatic heterocycles. The lowest BCUT2D eigenvalue weighted by molar-refractivity contribution is -0.163. The van der Waals surface area contributed by atoms with Crippen LogP contribution < -0.4 is 0 Å². The van der Waals surface area contributed by atoms with Gasteiger partial charge in [0.05, 0.1) is 23.7 Å². The van der Waals surface area contributed by atoms with Gasteiger partial charge in [-0.05, 0) is 70.6 Å². The zero-order valence-electron chi connectivity index (χ0n) is 23.1. The summed E-state index contributed by atoms with van der Waals surface area (Å²) in [6.45, 7) is 4.34. The fourth-order valence-corrected chi connectivity index (χ4v) is 5.74. The number of allylic oxidation sites excluding steroid dienone is 4. The minimum Gasteiger partial charge on any atom is -0.463 e. The topological polar surface area (TPSA) is 146 Å². The molecule has 0 spiro atoms. The molecule has 10 nitrogen and oxygen atoms in total. The third kappa shape index (κ3) is 8.38. The Kier molecular flexibility index (Phi) is 10.7. The van der Waals surface area contributed by atoms with E-state index in [0.717, 1.165) is 19.3 Å². The fraction of sp³-hybridized carbons (Fsp3) is 0.724. The van der Waals surface area contributed by atoms with Gasteiger partial charge in [-0.1, -0.05) is 24.3 Å². The zero-order valence-corrected chi connectivity index (χ0v) is 23.1. The van der Waals surface area contributed by atoms with Gasteiger partial charge in [0.1, 0.15) is 38.6 Å². The van der Waals surface area contributed by atoms with Crippen LogP contribution in [0, 0.1) is 28.6 Å². The number of aliphatic hydroxyl groups is 2. The third-order valence-corrected chi connectivity index (χ3v) is 8.10. The molecule has 0 radical (unpaired) electrons. The van der Waals surface area contributed by atoms with Crippen LogP contribution in [0.15, 0.2) is 24.3 Å². The van der Waals surface area contributed by atoms with Crippen LogP contribution in [-0.2, 0) is 38.1 Å². The first-order valence-electron chi connectivity index (χ1n) is 13.8. The first-order valence-corrected chi connectivity index (χ1v) is 13.8. The molecule has 0 aromatic carbocycles. The minimum atomic E-state index is -1.18. The quantitative estimate of drug-likeness (QED) is 0.188. The zero-order chi connectivity index (χ0) is 28.6. The molecule has 0 amide bonds. The van der Waals surface area contributed by atoms with Gasteiger partial charge in [-0.15, -0.1) is 0 Å². The highest BCUT2D eigenvalue weighted by Crippen LogP contribution is 2.52. The van der Waals surface area contributed by atoms with Crippen LogP contribution in [0.25, 0.3) is 0 Å². The van der Waals surface area contributed by atoms with Crippen LogP contribution in [0.2, 0.25) is 0 Å². The van der Waals surface area contributed by atoms with Crippen molar-refractivity contribution in [3.05, 3.63) is 24.3 Å². The smallest absolute Gasteiger partial charge is 0.312 e. The van der Waals surface area contributed by atoms with Crippen molar-refractivity contribution >= 4 is 23.9 Å². The van der Waals surface area contributed by atoms with Gasteiger partial charge in [-0.3, -0.25) is 19.2 Å². The molecular formula is C29H42O10. The summed E-state index contributed by atoms with van der Waals surface area (Å²) in [5, 5.41) is 20.0. The number of fused-ring (bicyclic) bond motifs is 2. The van der Waals surface area contributed by atoms with Crippen LogP contribution in [-0.4, -0.2) is 72.7 Å². The van der Waals surface area contributed by atoms with Gasteiger partial charge in [0, 0.05) is 0 Å². The van der Waals surface area contributed by atoms with E-state index in [1.54, 1.807) is 0 Å². The maximum Gasteiger partial charge on any atom is 0.312 e. The van der Waals surface area contributed by atoms with E-state index >= 15 is 0 Å². The number of rotatable bonds is 14. The van der Waals surface area contributed by atoms with Gasteiger partial charge in [0.25, 0.3) is 0 Å². The molecule has 0 heterocycles. The predicted molar refractivity (Wildman–Crippen MR) is 139 cm³/mol.